The van der Waals surface area contributed by atoms with Gasteiger partial charge in [0.25, 0.3) is 5.69 Å². The zero-order valence-electron chi connectivity index (χ0n) is 12.2. The number of rotatable bonds is 2. The maximum atomic E-state index is 11.1. The van der Waals surface area contributed by atoms with Gasteiger partial charge in [0.05, 0.1) is 4.92 Å². The molecule has 1 saturated heterocycles. The fourth-order valence-corrected chi connectivity index (χ4v) is 2.92. The predicted molar refractivity (Wildman–Crippen MR) is 82.7 cm³/mol. The van der Waals surface area contributed by atoms with Gasteiger partial charge < -0.3 is 10.2 Å². The largest absolute Gasteiger partial charge is 0.368 e. The number of hydrogen-bond acceptors (Lipinski definition) is 5. The molecule has 0 spiro atoms. The van der Waals surface area contributed by atoms with Crippen LogP contribution in [0.15, 0.2) is 30.5 Å². The van der Waals surface area contributed by atoms with Crippen LogP contribution >= 0.6 is 0 Å². The molecule has 0 amide bonds. The standard InChI is InChI=1S/C15H18N4O2/c1-15(2)10-18(9-8-17-15)12-6-7-16-14-11(12)4-3-5-13(14)19(20)21/h3-7,17H,8-10H2,1-2H3. The monoisotopic (exact) mass is 286 g/mol. The van der Waals surface area contributed by atoms with E-state index in [1.165, 1.54) is 6.07 Å². The lowest BCUT2D eigenvalue weighted by molar-refractivity contribution is -0.383. The third kappa shape index (κ3) is 2.54. The molecule has 1 fully saturated rings. The number of nitro groups is 1. The molecule has 0 aliphatic carbocycles. The summed E-state index contributed by atoms with van der Waals surface area (Å²) < 4.78 is 0. The number of fused-ring (bicyclic) bond motifs is 1. The Morgan fingerprint density at radius 1 is 1.38 bits per heavy atom. The molecule has 0 radical (unpaired) electrons. The highest BCUT2D eigenvalue weighted by molar-refractivity contribution is 5.96. The van der Waals surface area contributed by atoms with Crippen LogP contribution < -0.4 is 10.2 Å². The average Bonchev–Trinajstić information content (AvgIpc) is 2.44. The van der Waals surface area contributed by atoms with Gasteiger partial charge in [0.2, 0.25) is 0 Å². The van der Waals surface area contributed by atoms with Crippen molar-refractivity contribution in [1.29, 1.82) is 0 Å². The lowest BCUT2D eigenvalue weighted by Crippen LogP contribution is -2.57. The summed E-state index contributed by atoms with van der Waals surface area (Å²) in [5, 5.41) is 15.5. The minimum Gasteiger partial charge on any atom is -0.368 e. The van der Waals surface area contributed by atoms with Crippen molar-refractivity contribution in [3.05, 3.63) is 40.6 Å². The maximum Gasteiger partial charge on any atom is 0.295 e. The highest BCUT2D eigenvalue weighted by Gasteiger charge is 2.27. The van der Waals surface area contributed by atoms with E-state index in [-0.39, 0.29) is 16.1 Å². The maximum absolute atomic E-state index is 11.1. The fourth-order valence-electron chi connectivity index (χ4n) is 2.92. The number of piperazine rings is 1. The van der Waals surface area contributed by atoms with Crippen LogP contribution in [0, 0.1) is 10.1 Å². The van der Waals surface area contributed by atoms with Crippen molar-refractivity contribution in [1.82, 2.24) is 10.3 Å². The van der Waals surface area contributed by atoms with Crippen LogP contribution in [0.4, 0.5) is 11.4 Å². The number of benzene rings is 1. The zero-order chi connectivity index (χ0) is 15.0. The summed E-state index contributed by atoms with van der Waals surface area (Å²) >= 11 is 0. The predicted octanol–water partition coefficient (Wildman–Crippen LogP) is 2.33. The molecule has 2 aromatic rings. The van der Waals surface area contributed by atoms with E-state index in [9.17, 15) is 10.1 Å². The summed E-state index contributed by atoms with van der Waals surface area (Å²) in [7, 11) is 0. The lowest BCUT2D eigenvalue weighted by atomic mass is 10.0. The lowest BCUT2D eigenvalue weighted by Gasteiger charge is -2.40. The van der Waals surface area contributed by atoms with Crippen LogP contribution in [0.3, 0.4) is 0 Å². The second-order valence-electron chi connectivity index (χ2n) is 5.99. The normalized spacial score (nSPS) is 17.9. The SMILES string of the molecule is CC1(C)CN(c2ccnc3c([N+](=O)[O-])cccc23)CCN1. The van der Waals surface area contributed by atoms with Gasteiger partial charge in [-0.25, -0.2) is 4.98 Å². The van der Waals surface area contributed by atoms with Crippen molar-refractivity contribution in [2.24, 2.45) is 0 Å². The summed E-state index contributed by atoms with van der Waals surface area (Å²) in [6.45, 7) is 6.95. The second kappa shape index (κ2) is 4.96. The Morgan fingerprint density at radius 2 is 2.19 bits per heavy atom. The number of para-hydroxylation sites is 1. The number of hydrogen-bond donors (Lipinski definition) is 1. The van der Waals surface area contributed by atoms with E-state index < -0.39 is 0 Å². The number of non-ortho nitro benzene ring substituents is 1. The molecule has 110 valence electrons. The summed E-state index contributed by atoms with van der Waals surface area (Å²) in [6.07, 6.45) is 1.65. The number of anilines is 1. The van der Waals surface area contributed by atoms with Gasteiger partial charge in [0, 0.05) is 48.5 Å². The first kappa shape index (κ1) is 13.8. The molecule has 1 aromatic heterocycles. The molecule has 0 unspecified atom stereocenters. The van der Waals surface area contributed by atoms with E-state index in [4.69, 9.17) is 0 Å². The van der Waals surface area contributed by atoms with Crippen LogP contribution in [-0.4, -0.2) is 35.1 Å². The van der Waals surface area contributed by atoms with Gasteiger partial charge in [-0.05, 0) is 19.9 Å². The van der Waals surface area contributed by atoms with Crippen LogP contribution in [0.2, 0.25) is 0 Å². The van der Waals surface area contributed by atoms with Crippen LogP contribution in [0.5, 0.6) is 0 Å². The number of pyridine rings is 1. The topological polar surface area (TPSA) is 71.3 Å². The molecule has 2 heterocycles. The first-order valence-electron chi connectivity index (χ1n) is 7.00. The molecule has 0 atom stereocenters. The summed E-state index contributed by atoms with van der Waals surface area (Å²) in [5.41, 5.74) is 1.55. The van der Waals surface area contributed by atoms with Gasteiger partial charge >= 0.3 is 0 Å². The number of aromatic nitrogens is 1. The summed E-state index contributed by atoms with van der Waals surface area (Å²) in [5.74, 6) is 0. The van der Waals surface area contributed by atoms with Crippen molar-refractivity contribution in [2.75, 3.05) is 24.5 Å². The van der Waals surface area contributed by atoms with Gasteiger partial charge in [-0.2, -0.15) is 0 Å². The molecular formula is C15H18N4O2. The molecule has 0 saturated carbocycles. The first-order chi connectivity index (χ1) is 9.98. The molecule has 1 N–H and O–H groups in total. The molecule has 21 heavy (non-hydrogen) atoms. The van der Waals surface area contributed by atoms with E-state index >= 15 is 0 Å². The molecule has 6 nitrogen and oxygen atoms in total. The first-order valence-corrected chi connectivity index (χ1v) is 7.00. The van der Waals surface area contributed by atoms with Crippen molar-refractivity contribution in [3.63, 3.8) is 0 Å². The van der Waals surface area contributed by atoms with Gasteiger partial charge in [-0.3, -0.25) is 10.1 Å². The summed E-state index contributed by atoms with van der Waals surface area (Å²) in [6, 6.07) is 7.06. The number of nitrogens with zero attached hydrogens (tertiary/aromatic N) is 3. The van der Waals surface area contributed by atoms with Gasteiger partial charge in [0.1, 0.15) is 5.52 Å². The van der Waals surface area contributed by atoms with E-state index in [0.717, 1.165) is 30.7 Å². The molecule has 1 aromatic carbocycles. The average molecular weight is 286 g/mol. The Morgan fingerprint density at radius 3 is 2.90 bits per heavy atom. The van der Waals surface area contributed by atoms with Crippen molar-refractivity contribution < 1.29 is 4.92 Å². The molecule has 6 heteroatoms. The second-order valence-corrected chi connectivity index (χ2v) is 5.99. The van der Waals surface area contributed by atoms with Crippen LogP contribution in [-0.2, 0) is 0 Å². The highest BCUT2D eigenvalue weighted by atomic mass is 16.6. The Balaban J connectivity index is 2.11. The van der Waals surface area contributed by atoms with Crippen molar-refractivity contribution in [3.8, 4) is 0 Å². The Kier molecular flexibility index (Phi) is 3.25. The third-order valence-electron chi connectivity index (χ3n) is 3.84. The van der Waals surface area contributed by atoms with Gasteiger partial charge in [0.15, 0.2) is 0 Å². The molecule has 0 bridgehead atoms. The van der Waals surface area contributed by atoms with E-state index in [1.807, 2.05) is 12.1 Å². The minimum absolute atomic E-state index is 0.0224. The third-order valence-corrected chi connectivity index (χ3v) is 3.84. The van der Waals surface area contributed by atoms with Crippen LogP contribution in [0.1, 0.15) is 13.8 Å². The zero-order valence-corrected chi connectivity index (χ0v) is 12.2. The van der Waals surface area contributed by atoms with Crippen molar-refractivity contribution >= 4 is 22.3 Å². The summed E-state index contributed by atoms with van der Waals surface area (Å²) in [4.78, 5) is 17.3. The van der Waals surface area contributed by atoms with Gasteiger partial charge in [-0.15, -0.1) is 0 Å². The van der Waals surface area contributed by atoms with E-state index in [1.54, 1.807) is 12.3 Å². The molecule has 1 aliphatic rings. The molecular weight excluding hydrogens is 268 g/mol. The quantitative estimate of drug-likeness (QED) is 0.677. The Bertz CT molecular complexity index is 699. The fraction of sp³-hybridized carbons (Fsp3) is 0.400. The van der Waals surface area contributed by atoms with Crippen LogP contribution in [0.25, 0.3) is 10.9 Å². The van der Waals surface area contributed by atoms with E-state index in [2.05, 4.69) is 29.0 Å². The van der Waals surface area contributed by atoms with Crippen molar-refractivity contribution in [2.45, 2.75) is 19.4 Å². The number of nitrogens with one attached hydrogen (secondary N) is 1. The van der Waals surface area contributed by atoms with E-state index in [0.29, 0.717) is 5.52 Å². The van der Waals surface area contributed by atoms with Gasteiger partial charge in [-0.1, -0.05) is 12.1 Å². The Hall–Kier alpha value is -2.21. The number of nitro benzene ring substituents is 1. The highest BCUT2D eigenvalue weighted by Crippen LogP contribution is 2.32. The molecule has 3 rings (SSSR count). The Labute approximate surface area is 122 Å². The minimum atomic E-state index is -0.374. The molecule has 1 aliphatic heterocycles. The smallest absolute Gasteiger partial charge is 0.295 e.